The normalized spacial score (nSPS) is 23.7. The largest absolute Gasteiger partial charge is 0.459 e. The summed E-state index contributed by atoms with van der Waals surface area (Å²) in [7, 11) is -1.60. The summed E-state index contributed by atoms with van der Waals surface area (Å²) in [4.78, 5) is 68.0. The number of rotatable bonds is 9. The van der Waals surface area contributed by atoms with E-state index in [2.05, 4.69) is 60.4 Å². The van der Waals surface area contributed by atoms with Crippen molar-refractivity contribution in [2.75, 3.05) is 20.6 Å². The van der Waals surface area contributed by atoms with Gasteiger partial charge in [0.05, 0.1) is 17.8 Å². The third kappa shape index (κ3) is 10.6. The van der Waals surface area contributed by atoms with E-state index in [1.54, 1.807) is 20.8 Å². The van der Waals surface area contributed by atoms with Crippen molar-refractivity contribution in [3.05, 3.63) is 65.6 Å². The van der Waals surface area contributed by atoms with Gasteiger partial charge in [-0.1, -0.05) is 76.1 Å². The van der Waals surface area contributed by atoms with E-state index >= 15 is 0 Å². The van der Waals surface area contributed by atoms with E-state index in [-0.39, 0.29) is 30.8 Å². The maximum absolute atomic E-state index is 14.8. The van der Waals surface area contributed by atoms with Crippen LogP contribution in [0.15, 0.2) is 60.0 Å². The lowest BCUT2D eigenvalue weighted by Gasteiger charge is -2.30. The molecule has 2 aliphatic heterocycles. The summed E-state index contributed by atoms with van der Waals surface area (Å²) in [5.74, 6) is -2.51. The van der Waals surface area contributed by atoms with Crippen LogP contribution in [-0.2, 0) is 34.7 Å². The summed E-state index contributed by atoms with van der Waals surface area (Å²) >= 11 is 1.53. The number of hydrogen-bond donors (Lipinski definition) is 3. The Morgan fingerprint density at radius 3 is 2.39 bits per heavy atom. The molecular weight excluding hydrogens is 881 g/mol. The van der Waals surface area contributed by atoms with Crippen molar-refractivity contribution in [1.29, 1.82) is 0 Å². The highest BCUT2D eigenvalue weighted by Gasteiger charge is 2.62. The maximum Gasteiger partial charge on any atom is 0.408 e. The smallest absolute Gasteiger partial charge is 0.408 e. The van der Waals surface area contributed by atoms with Gasteiger partial charge in [0.2, 0.25) is 11.8 Å². The minimum Gasteiger partial charge on any atom is -0.459 e. The molecule has 3 N–H and O–H groups in total. The molecule has 356 valence electrons. The maximum atomic E-state index is 14.8. The molecule has 16 nitrogen and oxygen atoms in total. The minimum atomic E-state index is -4.20. The van der Waals surface area contributed by atoms with Gasteiger partial charge >= 0.3 is 16.3 Å². The summed E-state index contributed by atoms with van der Waals surface area (Å²) in [6.45, 7) is 15.8. The summed E-state index contributed by atoms with van der Waals surface area (Å²) in [5, 5.41) is 8.49. The van der Waals surface area contributed by atoms with Crippen LogP contribution in [0.25, 0.3) is 32.9 Å². The average Bonchev–Trinajstić information content (AvgIpc) is 3.57. The van der Waals surface area contributed by atoms with Gasteiger partial charge in [0.25, 0.3) is 11.9 Å². The fraction of sp³-hybridized carbons (Fsp3) is 0.542. The van der Waals surface area contributed by atoms with Crippen molar-refractivity contribution in [3.63, 3.8) is 0 Å². The van der Waals surface area contributed by atoms with E-state index in [9.17, 15) is 27.6 Å². The first kappa shape index (κ1) is 48.6. The lowest BCUT2D eigenvalue weighted by Crippen LogP contribution is -2.58. The fourth-order valence-electron chi connectivity index (χ4n) is 8.59. The Morgan fingerprint density at radius 2 is 1.73 bits per heavy atom. The summed E-state index contributed by atoms with van der Waals surface area (Å²) in [6, 6.07) is 12.4. The minimum absolute atomic E-state index is 0.0168. The first-order valence-corrected chi connectivity index (χ1v) is 25.1. The zero-order valence-electron chi connectivity index (χ0n) is 39.6. The van der Waals surface area contributed by atoms with Crippen LogP contribution in [0.4, 0.5) is 4.79 Å². The number of aromatic nitrogens is 3. The van der Waals surface area contributed by atoms with E-state index in [1.807, 2.05) is 54.1 Å². The molecule has 0 radical (unpaired) electrons. The van der Waals surface area contributed by atoms with Crippen molar-refractivity contribution in [3.8, 4) is 27.8 Å². The van der Waals surface area contributed by atoms with Crippen molar-refractivity contribution >= 4 is 56.4 Å². The molecule has 1 aliphatic carbocycles. The molecule has 66 heavy (non-hydrogen) atoms. The Bertz CT molecular complexity index is 2610. The van der Waals surface area contributed by atoms with Crippen LogP contribution in [0, 0.1) is 5.92 Å². The van der Waals surface area contributed by atoms with E-state index in [0.29, 0.717) is 30.8 Å². The predicted molar refractivity (Wildman–Crippen MR) is 255 cm³/mol. The molecule has 18 heteroatoms. The van der Waals surface area contributed by atoms with Gasteiger partial charge in [-0.05, 0) is 83.4 Å². The molecule has 1 saturated heterocycles. The monoisotopic (exact) mass is 944 g/mol. The molecule has 2 aromatic carbocycles. The third-order valence-electron chi connectivity index (χ3n) is 12.3. The molecule has 0 bridgehead atoms. The first-order valence-electron chi connectivity index (χ1n) is 22.7. The van der Waals surface area contributed by atoms with Crippen LogP contribution < -0.4 is 20.1 Å². The number of allylic oxidation sites excluding steroid dienone is 1. The molecule has 5 atom stereocenters. The molecule has 4 aromatic rings. The van der Waals surface area contributed by atoms with Crippen LogP contribution in [0.2, 0.25) is 0 Å². The van der Waals surface area contributed by atoms with Gasteiger partial charge in [0.1, 0.15) is 39.9 Å². The SMILES string of the molecule is CC(C)n1c(O[C@@H]2C[C@H]3C(=O)N[C@]4(C(=O)NS(=O)(=O)N(C)C)C[C@H]4/C=C\CCCCC[C@H](NC(=O)OC(C)(C)C)C(=O)N3C2)nc2c(-c3nc(-c4ccc(C(C)(C)C)cc4)cs3)cccc21. The highest BCUT2D eigenvalue weighted by atomic mass is 32.2. The van der Waals surface area contributed by atoms with Crippen LogP contribution in [0.1, 0.15) is 112 Å². The number of benzene rings is 2. The molecule has 4 heterocycles. The molecular formula is C48H64N8O8S2. The number of amides is 4. The highest BCUT2D eigenvalue weighted by molar-refractivity contribution is 7.87. The number of imidazole rings is 1. The fourth-order valence-corrected chi connectivity index (χ4v) is 10.0. The van der Waals surface area contributed by atoms with Crippen LogP contribution >= 0.6 is 11.3 Å². The zero-order valence-corrected chi connectivity index (χ0v) is 41.3. The van der Waals surface area contributed by atoms with Crippen molar-refractivity contribution in [2.45, 2.75) is 141 Å². The zero-order chi connectivity index (χ0) is 47.9. The number of fused-ring (bicyclic) bond motifs is 3. The molecule has 2 fully saturated rings. The topological polar surface area (TPSA) is 194 Å². The Hall–Kier alpha value is -5.33. The second-order valence-electron chi connectivity index (χ2n) is 20.1. The van der Waals surface area contributed by atoms with Crippen molar-refractivity contribution in [2.24, 2.45) is 5.92 Å². The number of ether oxygens (including phenoxy) is 2. The Labute approximate surface area is 392 Å². The number of carbonyl (C=O) groups excluding carboxylic acids is 4. The molecule has 0 unspecified atom stereocenters. The average molecular weight is 945 g/mol. The van der Waals surface area contributed by atoms with Gasteiger partial charge in [0.15, 0.2) is 0 Å². The lowest BCUT2D eigenvalue weighted by molar-refractivity contribution is -0.141. The molecule has 4 amide bonds. The number of nitrogens with zero attached hydrogens (tertiary/aromatic N) is 5. The predicted octanol–water partition coefficient (Wildman–Crippen LogP) is 7.26. The van der Waals surface area contributed by atoms with Crippen molar-refractivity contribution < 1.29 is 37.1 Å². The third-order valence-corrected chi connectivity index (χ3v) is 14.6. The Morgan fingerprint density at radius 1 is 1.00 bits per heavy atom. The van der Waals surface area contributed by atoms with Gasteiger partial charge in [-0.3, -0.25) is 19.0 Å². The molecule has 2 aromatic heterocycles. The number of carbonyl (C=O) groups is 4. The van der Waals surface area contributed by atoms with E-state index in [1.165, 1.54) is 35.9 Å². The van der Waals surface area contributed by atoms with Crippen LogP contribution in [0.5, 0.6) is 6.01 Å². The second kappa shape index (κ2) is 18.7. The Kier molecular flexibility index (Phi) is 13.8. The summed E-state index contributed by atoms with van der Waals surface area (Å²) in [6.07, 6.45) is 5.53. The van der Waals surface area contributed by atoms with Gasteiger partial charge in [-0.25, -0.2) is 14.5 Å². The molecule has 0 spiro atoms. The van der Waals surface area contributed by atoms with Crippen LogP contribution in [0.3, 0.4) is 0 Å². The van der Waals surface area contributed by atoms with E-state index in [4.69, 9.17) is 19.4 Å². The number of para-hydroxylation sites is 1. The van der Waals surface area contributed by atoms with Crippen LogP contribution in [-0.4, -0.2) is 106 Å². The summed E-state index contributed by atoms with van der Waals surface area (Å²) in [5.41, 5.74) is 3.06. The number of nitrogens with one attached hydrogen (secondary N) is 3. The van der Waals surface area contributed by atoms with Gasteiger partial charge in [-0.15, -0.1) is 11.3 Å². The van der Waals surface area contributed by atoms with Gasteiger partial charge < -0.3 is 25.0 Å². The molecule has 3 aliphatic rings. The lowest BCUT2D eigenvalue weighted by atomic mass is 9.86. The number of alkyl carbamates (subject to hydrolysis) is 1. The summed E-state index contributed by atoms with van der Waals surface area (Å²) < 4.78 is 43.0. The standard InChI is InChI=1S/C48H64N8O8S2/c1-29(2)56-37-20-16-18-34(41-49-36(28-65-41)30-21-23-31(24-22-30)46(3,4)5)39(37)51-44(56)63-33-25-38-40(57)52-48(43(59)53-66(61,62)54(9)10)26-32(48)17-14-12-11-13-15-19-35(42(58)55(38)27-33)50-45(60)64-47(6,7)8/h14,16-18,20-24,28-29,32-33,35,38H,11-13,15,19,25-27H2,1-10H3,(H,50,60)(H,52,57)(H,53,59)/b17-14-/t32-,33-,35+,38+,48-/m1/s1. The van der Waals surface area contributed by atoms with Crippen molar-refractivity contribution in [1.82, 2.24) is 39.1 Å². The molecule has 1 saturated carbocycles. The Balaban J connectivity index is 1.22. The second-order valence-corrected chi connectivity index (χ2v) is 22.9. The quantitative estimate of drug-likeness (QED) is 0.144. The first-order chi connectivity index (χ1) is 31.0. The van der Waals surface area contributed by atoms with Gasteiger partial charge in [-0.2, -0.15) is 17.7 Å². The highest BCUT2D eigenvalue weighted by Crippen LogP contribution is 2.46. The molecule has 7 rings (SSSR count). The van der Waals surface area contributed by atoms with Gasteiger partial charge in [0, 0.05) is 49.0 Å². The van der Waals surface area contributed by atoms with E-state index < -0.39 is 69.3 Å². The number of thiazole rings is 1. The van der Waals surface area contributed by atoms with E-state index in [0.717, 1.165) is 44.5 Å². The number of hydrogen-bond acceptors (Lipinski definition) is 11.